The van der Waals surface area contributed by atoms with E-state index in [0.29, 0.717) is 51.7 Å². The van der Waals surface area contributed by atoms with Crippen molar-refractivity contribution < 1.29 is 27.8 Å². The molecule has 1 N–H and O–H groups in total. The zero-order valence-electron chi connectivity index (χ0n) is 27.6. The van der Waals surface area contributed by atoms with Crippen molar-refractivity contribution in [3.05, 3.63) is 103 Å². The van der Waals surface area contributed by atoms with Crippen LogP contribution < -0.4 is 19.5 Å². The van der Waals surface area contributed by atoms with Gasteiger partial charge in [-0.3, -0.25) is 9.78 Å². The van der Waals surface area contributed by atoms with Crippen LogP contribution in [0.3, 0.4) is 0 Å². The number of nitrogens with one attached hydrogen (secondary N) is 1. The number of amides is 1. The Morgan fingerprint density at radius 1 is 0.880 bits per heavy atom. The summed E-state index contributed by atoms with van der Waals surface area (Å²) in [5.74, 6) is -0.223. The molecule has 1 aliphatic rings. The number of rotatable bonds is 11. The van der Waals surface area contributed by atoms with Crippen LogP contribution in [0.15, 0.2) is 85.2 Å². The predicted octanol–water partition coefficient (Wildman–Crippen LogP) is 6.29. The van der Waals surface area contributed by atoms with Crippen LogP contribution in [0.1, 0.15) is 16.9 Å². The van der Waals surface area contributed by atoms with E-state index in [-0.39, 0.29) is 22.9 Å². The van der Waals surface area contributed by atoms with E-state index in [1.165, 1.54) is 30.3 Å². The van der Waals surface area contributed by atoms with Crippen LogP contribution in [-0.4, -0.2) is 88.8 Å². The van der Waals surface area contributed by atoms with E-state index in [0.717, 1.165) is 39.1 Å². The summed E-state index contributed by atoms with van der Waals surface area (Å²) in [6.45, 7) is 5.76. The quantitative estimate of drug-likeness (QED) is 0.158. The second-order valence-electron chi connectivity index (χ2n) is 12.0. The number of carbonyl (C=O) groups excluding carboxylic acids is 1. The number of ether oxygens (including phenoxy) is 3. The molecule has 50 heavy (non-hydrogen) atoms. The van der Waals surface area contributed by atoms with E-state index < -0.39 is 11.7 Å². The van der Waals surface area contributed by atoms with Gasteiger partial charge in [0.2, 0.25) is 0 Å². The maximum Gasteiger partial charge on any atom is 0.274 e. The van der Waals surface area contributed by atoms with E-state index in [2.05, 4.69) is 37.2 Å². The minimum Gasteiger partial charge on any atom is -0.493 e. The Morgan fingerprint density at radius 2 is 1.70 bits per heavy atom. The molecule has 0 radical (unpaired) electrons. The lowest BCUT2D eigenvalue weighted by atomic mass is 10.1. The van der Waals surface area contributed by atoms with Gasteiger partial charge in [0, 0.05) is 73.8 Å². The predicted molar refractivity (Wildman–Crippen MR) is 185 cm³/mol. The van der Waals surface area contributed by atoms with Gasteiger partial charge in [0.05, 0.1) is 31.1 Å². The number of carbonyl (C=O) groups is 1. The van der Waals surface area contributed by atoms with Crippen LogP contribution >= 0.6 is 0 Å². The Bertz CT molecular complexity index is 2150. The molecule has 0 unspecified atom stereocenters. The molecular formula is C37H35F2N7O4. The minimum absolute atomic E-state index is 0.0453. The Kier molecular flexibility index (Phi) is 9.49. The molecule has 1 aliphatic heterocycles. The molecule has 0 bridgehead atoms. The Morgan fingerprint density at radius 3 is 2.48 bits per heavy atom. The average molecular weight is 680 g/mol. The number of anilines is 1. The first-order valence-electron chi connectivity index (χ1n) is 16.2. The normalized spacial score (nSPS) is 13.8. The Labute approximate surface area is 287 Å². The fraction of sp³-hybridized carbons (Fsp3) is 0.243. The van der Waals surface area contributed by atoms with Gasteiger partial charge in [-0.1, -0.05) is 0 Å². The Balaban J connectivity index is 1.04. The third-order valence-electron chi connectivity index (χ3n) is 8.60. The molecular weight excluding hydrogens is 644 g/mol. The molecule has 4 heterocycles. The number of pyridine rings is 1. The molecule has 1 fully saturated rings. The standard InChI is InChI=1S/C37H35F2N7O4/c1-44-15-17-45(18-16-44)14-3-19-49-35-23-29-27(21-34(35)48-2)32(10-12-40-29)50-33-9-8-26(20-28(33)39)42-37(47)30-22-31(24-4-6-25(38)7-5-24)46-36(43-30)11-13-41-46/h4-13,20-23H,3,14-19H2,1-2H3,(H,42,47). The molecule has 3 aromatic heterocycles. The molecule has 3 aromatic carbocycles. The van der Waals surface area contributed by atoms with Crippen LogP contribution in [0, 0.1) is 11.6 Å². The summed E-state index contributed by atoms with van der Waals surface area (Å²) in [4.78, 5) is 26.9. The summed E-state index contributed by atoms with van der Waals surface area (Å²) in [5.41, 5.74) is 2.49. The van der Waals surface area contributed by atoms with E-state index in [9.17, 15) is 9.18 Å². The molecule has 0 spiro atoms. The number of hydrogen-bond acceptors (Lipinski definition) is 9. The highest BCUT2D eigenvalue weighted by molar-refractivity contribution is 6.03. The first-order chi connectivity index (χ1) is 24.3. The maximum atomic E-state index is 15.4. The fourth-order valence-corrected chi connectivity index (χ4v) is 5.86. The molecule has 1 amide bonds. The van der Waals surface area contributed by atoms with Crippen molar-refractivity contribution in [2.24, 2.45) is 0 Å². The van der Waals surface area contributed by atoms with Gasteiger partial charge in [0.15, 0.2) is 28.7 Å². The Hall–Kier alpha value is -5.66. The number of benzene rings is 3. The van der Waals surface area contributed by atoms with E-state index >= 15 is 4.39 Å². The van der Waals surface area contributed by atoms with Gasteiger partial charge in [0.25, 0.3) is 5.91 Å². The number of nitrogens with zero attached hydrogens (tertiary/aromatic N) is 6. The second-order valence-corrected chi connectivity index (χ2v) is 12.0. The van der Waals surface area contributed by atoms with Crippen molar-refractivity contribution >= 4 is 28.1 Å². The van der Waals surface area contributed by atoms with E-state index in [1.54, 1.807) is 66.5 Å². The second kappa shape index (κ2) is 14.4. The van der Waals surface area contributed by atoms with Gasteiger partial charge in [-0.2, -0.15) is 5.10 Å². The highest BCUT2D eigenvalue weighted by atomic mass is 19.1. The summed E-state index contributed by atoms with van der Waals surface area (Å²) in [7, 11) is 3.71. The third-order valence-corrected chi connectivity index (χ3v) is 8.60. The van der Waals surface area contributed by atoms with Crippen molar-refractivity contribution in [3.63, 3.8) is 0 Å². The first-order valence-corrected chi connectivity index (χ1v) is 16.2. The summed E-state index contributed by atoms with van der Waals surface area (Å²) in [6, 6.07) is 18.4. The van der Waals surface area contributed by atoms with Gasteiger partial charge in [-0.15, -0.1) is 0 Å². The highest BCUT2D eigenvalue weighted by Gasteiger charge is 2.18. The van der Waals surface area contributed by atoms with Gasteiger partial charge in [-0.25, -0.2) is 18.3 Å². The van der Waals surface area contributed by atoms with Crippen molar-refractivity contribution in [3.8, 4) is 34.3 Å². The molecule has 7 rings (SSSR count). The largest absolute Gasteiger partial charge is 0.493 e. The van der Waals surface area contributed by atoms with Gasteiger partial charge >= 0.3 is 0 Å². The van der Waals surface area contributed by atoms with Crippen molar-refractivity contribution in [1.29, 1.82) is 0 Å². The molecule has 0 aliphatic carbocycles. The van der Waals surface area contributed by atoms with Crippen molar-refractivity contribution in [2.75, 3.05) is 58.8 Å². The molecule has 6 aromatic rings. The summed E-state index contributed by atoms with van der Waals surface area (Å²) < 4.78 is 48.2. The first kappa shape index (κ1) is 32.9. The third kappa shape index (κ3) is 7.19. The number of likely N-dealkylation sites (N-methyl/N-ethyl adjacent to an activating group) is 1. The van der Waals surface area contributed by atoms with Crippen LogP contribution in [0.2, 0.25) is 0 Å². The molecule has 13 heteroatoms. The number of fused-ring (bicyclic) bond motifs is 2. The van der Waals surface area contributed by atoms with Crippen LogP contribution in [0.25, 0.3) is 27.8 Å². The molecule has 1 saturated heterocycles. The molecule has 0 atom stereocenters. The fourth-order valence-electron chi connectivity index (χ4n) is 5.86. The summed E-state index contributed by atoms with van der Waals surface area (Å²) in [5, 5.41) is 7.58. The number of piperazine rings is 1. The topological polar surface area (TPSA) is 106 Å². The van der Waals surface area contributed by atoms with Crippen molar-refractivity contribution in [2.45, 2.75) is 6.42 Å². The lowest BCUT2D eigenvalue weighted by Gasteiger charge is -2.32. The summed E-state index contributed by atoms with van der Waals surface area (Å²) >= 11 is 0. The SMILES string of the molecule is COc1cc2c(Oc3ccc(NC(=O)c4cc(-c5ccc(F)cc5)n5nccc5n4)cc3F)ccnc2cc1OCCCN1CCN(C)CC1. The number of methoxy groups -OCH3 is 1. The van der Waals surface area contributed by atoms with Gasteiger partial charge in [-0.05, 0) is 68.1 Å². The molecule has 0 saturated carbocycles. The van der Waals surface area contributed by atoms with Gasteiger partial charge in [0.1, 0.15) is 17.3 Å². The molecule has 11 nitrogen and oxygen atoms in total. The highest BCUT2D eigenvalue weighted by Crippen LogP contribution is 2.38. The maximum absolute atomic E-state index is 15.4. The van der Waals surface area contributed by atoms with E-state index in [1.807, 2.05) is 0 Å². The van der Waals surface area contributed by atoms with Crippen molar-refractivity contribution in [1.82, 2.24) is 29.4 Å². The van der Waals surface area contributed by atoms with Crippen LogP contribution in [0.4, 0.5) is 14.5 Å². The van der Waals surface area contributed by atoms with E-state index in [4.69, 9.17) is 14.2 Å². The summed E-state index contributed by atoms with van der Waals surface area (Å²) in [6.07, 6.45) is 4.01. The van der Waals surface area contributed by atoms with Crippen LogP contribution in [0.5, 0.6) is 23.0 Å². The zero-order chi connectivity index (χ0) is 34.6. The van der Waals surface area contributed by atoms with Gasteiger partial charge < -0.3 is 29.3 Å². The smallest absolute Gasteiger partial charge is 0.274 e. The molecule has 256 valence electrons. The van der Waals surface area contributed by atoms with Crippen LogP contribution in [-0.2, 0) is 0 Å². The lowest BCUT2D eigenvalue weighted by molar-refractivity contribution is 0.102. The number of aromatic nitrogens is 4. The number of hydrogen-bond donors (Lipinski definition) is 1. The lowest BCUT2D eigenvalue weighted by Crippen LogP contribution is -2.44. The minimum atomic E-state index is -0.689. The zero-order valence-corrected chi connectivity index (χ0v) is 27.6. The monoisotopic (exact) mass is 679 g/mol. The number of halogens is 2. The average Bonchev–Trinajstić information content (AvgIpc) is 3.61.